The van der Waals surface area contributed by atoms with Crippen LogP contribution in [-0.2, 0) is 16.0 Å². The fraction of sp³-hybridized carbons (Fsp3) is 0.706. The van der Waals surface area contributed by atoms with E-state index in [4.69, 9.17) is 20.2 Å². The number of carbonyl (C=O) groups excluding carboxylic acids is 1. The maximum atomic E-state index is 13.4. The van der Waals surface area contributed by atoms with E-state index in [2.05, 4.69) is 86.9 Å². The second-order valence-corrected chi connectivity index (χ2v) is 31.8. The number of nitrogens with one attached hydrogen (secondary N) is 3. The predicted molar refractivity (Wildman–Crippen MR) is 321 cm³/mol. The summed E-state index contributed by atoms with van der Waals surface area (Å²) in [5.41, 5.74) is 8.36. The van der Waals surface area contributed by atoms with E-state index >= 15 is 0 Å². The number of ether oxygens (including phenoxy) is 2. The Morgan fingerprint density at radius 1 is 0.940 bits per heavy atom. The van der Waals surface area contributed by atoms with E-state index in [0.29, 0.717) is 99.3 Å². The molecular formula is C68H85N5O8S2. The highest BCUT2D eigenvalue weighted by atomic mass is 33.1. The molecule has 6 spiro atoms. The number of aliphatic hydroxyl groups is 4. The first-order valence-corrected chi connectivity index (χ1v) is 34.5. The highest BCUT2D eigenvalue weighted by Crippen LogP contribution is 2.90. The van der Waals surface area contributed by atoms with E-state index in [0.717, 1.165) is 12.8 Å². The first-order chi connectivity index (χ1) is 40.2. The zero-order valence-electron chi connectivity index (χ0n) is 48.1. The third kappa shape index (κ3) is 7.53. The summed E-state index contributed by atoms with van der Waals surface area (Å²) in [6, 6.07) is 2.43. The molecule has 0 radical (unpaired) electrons. The Hall–Kier alpha value is -3.90. The molecule has 12 bridgehead atoms. The number of piperidine rings is 1. The van der Waals surface area contributed by atoms with Gasteiger partial charge in [0.1, 0.15) is 12.2 Å². The van der Waals surface area contributed by atoms with Crippen molar-refractivity contribution in [2.24, 2.45) is 91.1 Å². The largest absolute Gasteiger partial charge is 0.504 e. The second kappa shape index (κ2) is 19.6. The summed E-state index contributed by atoms with van der Waals surface area (Å²) in [4.78, 5) is 19.2. The molecule has 7 fully saturated rings. The van der Waals surface area contributed by atoms with Crippen LogP contribution in [-0.4, -0.2) is 109 Å². The molecule has 23 atom stereocenters. The van der Waals surface area contributed by atoms with E-state index in [9.17, 15) is 30.3 Å². The summed E-state index contributed by atoms with van der Waals surface area (Å²) in [5, 5.41) is 71.7. The minimum atomic E-state index is -1.93. The number of aliphatic imine (C=N–C) groups is 1. The summed E-state index contributed by atoms with van der Waals surface area (Å²) in [7, 11) is 4.07. The molecule has 4 aliphatic heterocycles. The summed E-state index contributed by atoms with van der Waals surface area (Å²) in [6.07, 6.45) is 30.4. The van der Waals surface area contributed by atoms with Crippen molar-refractivity contribution in [3.8, 4) is 35.2 Å². The number of guanidine groups is 1. The van der Waals surface area contributed by atoms with Gasteiger partial charge in [-0.25, -0.2) is 4.99 Å². The Labute approximate surface area is 497 Å². The molecule has 0 amide bonds. The fourth-order valence-corrected chi connectivity index (χ4v) is 26.8. The van der Waals surface area contributed by atoms with Crippen molar-refractivity contribution < 1.29 is 39.8 Å². The fourth-order valence-electron chi connectivity index (χ4n) is 23.5. The van der Waals surface area contributed by atoms with Crippen molar-refractivity contribution in [1.29, 1.82) is 0 Å². The van der Waals surface area contributed by atoms with Crippen molar-refractivity contribution in [2.75, 3.05) is 19.6 Å². The van der Waals surface area contributed by atoms with Crippen LogP contribution in [0.2, 0.25) is 0 Å². The second-order valence-electron chi connectivity index (χ2n) is 29.1. The van der Waals surface area contributed by atoms with Gasteiger partial charge in [-0.2, -0.15) is 0 Å². The van der Waals surface area contributed by atoms with Crippen molar-refractivity contribution in [3.05, 3.63) is 71.4 Å². The maximum Gasteiger partial charge on any atom is 0.302 e. The summed E-state index contributed by atoms with van der Waals surface area (Å²) in [5.74, 6) is 17.0. The Morgan fingerprint density at radius 2 is 1.83 bits per heavy atom. The van der Waals surface area contributed by atoms with Crippen LogP contribution in [0.1, 0.15) is 146 Å². The minimum Gasteiger partial charge on any atom is -0.504 e. The first kappa shape index (κ1) is 54.5. The predicted octanol–water partition coefficient (Wildman–Crippen LogP) is 8.06. The molecule has 16 rings (SSSR count). The molecule has 0 aromatic heterocycles. The standard InChI is InChI=1S/C68H85N5O8S2/c1-38(74)80-53-32-46(75)16-25-64-24-13-40-28-39-7-11-48(36-70-37-63(34-39)35-47(19-27-71-63)81-54-31-42(30-49(40)53)50(60(78)79)33-52(54)76)82-83-58-18-23-62-21-14-44-9-8-41-29-45-15-26-65-20-3-4-43(65)10-12-55-66(45,65)51(17-22-62)59(41)67(44,62)68(55,58)73-61(69)72-56(64)5-2-6-57(64)77/h2,5,10,12,17,22,29,31,33,39-40,43-49,51,53,55-60,70-71,75-79H,3-4,6,8-9,14-16,18-21,23,25-28,30,32,34-37H2,1H3,(H3,69,72,73)/t39-,40-,43-,44+,45+,46+,47-,48-,49+,51+,53+,55+,56-,57-,58-,59+,62+,63-,64+,65+,66+,67+,68+/m1/s1. The lowest BCUT2D eigenvalue weighted by Gasteiger charge is -2.82. The van der Waals surface area contributed by atoms with E-state index in [-0.39, 0.29) is 86.4 Å². The van der Waals surface area contributed by atoms with Gasteiger partial charge in [-0.1, -0.05) is 99.8 Å². The van der Waals surface area contributed by atoms with Crippen molar-refractivity contribution in [2.45, 2.75) is 194 Å². The van der Waals surface area contributed by atoms with E-state index in [1.54, 1.807) is 11.6 Å². The van der Waals surface area contributed by atoms with Gasteiger partial charge in [-0.05, 0) is 179 Å². The van der Waals surface area contributed by atoms with Crippen LogP contribution >= 0.6 is 21.6 Å². The van der Waals surface area contributed by atoms with Gasteiger partial charge in [0.2, 0.25) is 0 Å². The van der Waals surface area contributed by atoms with Gasteiger partial charge >= 0.3 is 5.97 Å². The Morgan fingerprint density at radius 3 is 2.71 bits per heavy atom. The quantitative estimate of drug-likeness (QED) is 0.0451. The Kier molecular flexibility index (Phi) is 12.8. The molecule has 13 nitrogen and oxygen atoms in total. The molecule has 83 heavy (non-hydrogen) atoms. The Balaban J connectivity index is 0.927. The lowest BCUT2D eigenvalue weighted by Crippen LogP contribution is -2.87. The van der Waals surface area contributed by atoms with E-state index < -0.39 is 64.9 Å². The van der Waals surface area contributed by atoms with Crippen LogP contribution < -0.4 is 26.4 Å². The normalized spacial score (nSPS) is 50.0. The summed E-state index contributed by atoms with van der Waals surface area (Å²) >= 11 is 0. The van der Waals surface area contributed by atoms with Crippen molar-refractivity contribution >= 4 is 33.5 Å². The zero-order chi connectivity index (χ0) is 56.5. The number of carbonyl (C=O) groups is 1. The molecule has 442 valence electrons. The van der Waals surface area contributed by atoms with Gasteiger partial charge in [-0.3, -0.25) is 4.79 Å². The lowest BCUT2D eigenvalue weighted by molar-refractivity contribution is -0.262. The number of esters is 1. The third-order valence-corrected chi connectivity index (χ3v) is 29.2. The van der Waals surface area contributed by atoms with Crippen molar-refractivity contribution in [3.63, 3.8) is 0 Å². The van der Waals surface area contributed by atoms with Crippen LogP contribution in [0.25, 0.3) is 0 Å². The van der Waals surface area contributed by atoms with Crippen LogP contribution in [0.3, 0.4) is 0 Å². The highest BCUT2D eigenvalue weighted by molar-refractivity contribution is 8.77. The number of allylic oxidation sites excluding steroid dienone is 5. The number of fused-ring (bicyclic) bond motifs is 4. The molecular weight excluding hydrogens is 1080 g/mol. The maximum absolute atomic E-state index is 13.4. The van der Waals surface area contributed by atoms with Crippen LogP contribution in [0.5, 0.6) is 11.5 Å². The number of rotatable bonds is 2. The first-order valence-electron chi connectivity index (χ1n) is 32.3. The van der Waals surface area contributed by atoms with Gasteiger partial charge in [0, 0.05) is 78.3 Å². The molecule has 1 aromatic rings. The number of benzene rings is 1. The molecule has 1 saturated heterocycles. The summed E-state index contributed by atoms with van der Waals surface area (Å²) < 4.78 is 13.2. The molecule has 6 saturated carbocycles. The lowest BCUT2D eigenvalue weighted by atomic mass is 9.23. The molecule has 10 N–H and O–H groups in total. The van der Waals surface area contributed by atoms with Crippen LogP contribution in [0.15, 0.2) is 65.2 Å². The number of phenols is 1. The number of hydrogen-bond acceptors (Lipinski definition) is 15. The molecule has 0 unspecified atom stereocenters. The van der Waals surface area contributed by atoms with Crippen molar-refractivity contribution in [1.82, 2.24) is 16.0 Å². The van der Waals surface area contributed by atoms with Crippen LogP contribution in [0.4, 0.5) is 0 Å². The van der Waals surface area contributed by atoms with Gasteiger partial charge in [0.05, 0.1) is 34.5 Å². The molecule has 4 heterocycles. The zero-order valence-corrected chi connectivity index (χ0v) is 49.7. The number of nitrogens with zero attached hydrogens (tertiary/aromatic N) is 1. The van der Waals surface area contributed by atoms with Gasteiger partial charge in [-0.15, -0.1) is 0 Å². The molecule has 15 heteroatoms. The number of aromatic hydroxyl groups is 1. The average molecular weight is 1160 g/mol. The van der Waals surface area contributed by atoms with Gasteiger partial charge < -0.3 is 56.7 Å². The highest BCUT2D eigenvalue weighted by Gasteiger charge is 2.89. The SMILES string of the molecule is CC(=O)O[C@H]1C[C@@H](O)CC[C@@]23C#C[C@@H]4C[C@H]5C#C[C@H](CNC[C@@]6(C5)C[C@@H](CCN6)Oc5cc(c(C(O)O)cc5O)C[C@@H]41)SS[C@@H]1CC[C@]45C=C[C@H]6[C@@H]7C8=C[C@@H]9CC[C@@]%10%11CCC[C@@H]%10C=C[C@H]([C@@]1(NC(N)=N[C@@H]2C=CC[C@H]3O)[C@@]74[C@@H](CC8)CC5)[C@]96%11. The molecule has 11 aliphatic carbocycles. The van der Waals surface area contributed by atoms with Gasteiger partial charge in [0.25, 0.3) is 0 Å². The Bertz CT molecular complexity index is 3160. The topological polar surface area (TPSA) is 211 Å². The van der Waals surface area contributed by atoms with Gasteiger partial charge in [0.15, 0.2) is 23.7 Å². The number of nitrogens with two attached hydrogens (primary N) is 1. The third-order valence-electron chi connectivity index (χ3n) is 26.0. The summed E-state index contributed by atoms with van der Waals surface area (Å²) in [6.45, 7) is 3.42. The number of hydrogen-bond donors (Lipinski definition) is 9. The average Bonchev–Trinajstić information content (AvgIpc) is 1.62. The smallest absolute Gasteiger partial charge is 0.302 e. The monoisotopic (exact) mass is 1160 g/mol. The van der Waals surface area contributed by atoms with E-state index in [1.165, 1.54) is 70.8 Å². The number of aliphatic hydroxyl groups excluding tert-OH is 3. The molecule has 1 aromatic carbocycles. The van der Waals surface area contributed by atoms with E-state index in [1.807, 2.05) is 16.9 Å². The van der Waals surface area contributed by atoms with Crippen LogP contribution in [0, 0.1) is 104 Å². The molecule has 15 aliphatic rings. The minimum absolute atomic E-state index is 0.00894. The number of phenolic OH excluding ortho intramolecular Hbond substituents is 1.